The van der Waals surface area contributed by atoms with Crippen molar-refractivity contribution in [2.45, 2.75) is 6.18 Å². The van der Waals surface area contributed by atoms with Gasteiger partial charge >= 0.3 is 6.18 Å². The zero-order valence-corrected chi connectivity index (χ0v) is 14.2. The molecule has 2 N–H and O–H groups in total. The normalized spacial score (nSPS) is 11.4. The largest absolute Gasteiger partial charge is 0.416 e. The average molecular weight is 385 g/mol. The molecule has 0 bridgehead atoms. The molecule has 25 heavy (non-hydrogen) atoms. The Morgan fingerprint density at radius 1 is 1.12 bits per heavy atom. The summed E-state index contributed by atoms with van der Waals surface area (Å²) in [4.78, 5) is 11.8. The summed E-state index contributed by atoms with van der Waals surface area (Å²) in [5, 5.41) is 4.71. The summed E-state index contributed by atoms with van der Waals surface area (Å²) in [5.41, 5.74) is -0.108. The molecule has 0 aromatic heterocycles. The molecule has 0 spiro atoms. The molecule has 2 rings (SSSR count). The number of amides is 1. The third-order valence-corrected chi connectivity index (χ3v) is 3.54. The van der Waals surface area contributed by atoms with Crippen molar-refractivity contribution in [2.24, 2.45) is 0 Å². The van der Waals surface area contributed by atoms with Crippen LogP contribution < -0.4 is 10.6 Å². The third-order valence-electron chi connectivity index (χ3n) is 3.01. The van der Waals surface area contributed by atoms with Crippen LogP contribution in [0.4, 0.5) is 18.9 Å². The fraction of sp³-hybridized carbons (Fsp3) is 0.0588. The number of hydrogen-bond acceptors (Lipinski definition) is 2. The Bertz CT molecular complexity index is 807. The van der Waals surface area contributed by atoms with Gasteiger partial charge in [-0.05, 0) is 42.1 Å². The number of hydrogen-bond donors (Lipinski definition) is 2. The second-order valence-electron chi connectivity index (χ2n) is 4.88. The number of rotatable bonds is 3. The molecule has 2 aromatic rings. The number of carbonyl (C=O) groups excluding carboxylic acids is 1. The first-order valence-electron chi connectivity index (χ1n) is 6.97. The van der Waals surface area contributed by atoms with Crippen molar-refractivity contribution in [3.8, 4) is 0 Å². The van der Waals surface area contributed by atoms with Gasteiger partial charge in [-0.15, -0.1) is 0 Å². The third kappa shape index (κ3) is 5.88. The van der Waals surface area contributed by atoms with Gasteiger partial charge < -0.3 is 5.32 Å². The molecular weight excluding hydrogens is 373 g/mol. The number of anilines is 1. The molecule has 2 aromatic carbocycles. The Hall–Kier alpha value is -2.38. The van der Waals surface area contributed by atoms with Gasteiger partial charge in [0.05, 0.1) is 16.3 Å². The molecule has 0 aliphatic rings. The molecule has 0 aliphatic heterocycles. The van der Waals surface area contributed by atoms with Crippen LogP contribution in [0.5, 0.6) is 0 Å². The van der Waals surface area contributed by atoms with E-state index >= 15 is 0 Å². The summed E-state index contributed by atoms with van der Waals surface area (Å²) in [6.45, 7) is 0. The Balaban J connectivity index is 2.00. The maximum absolute atomic E-state index is 12.7. The molecule has 8 heteroatoms. The predicted molar refractivity (Wildman–Crippen MR) is 96.3 cm³/mol. The Morgan fingerprint density at radius 2 is 1.80 bits per heavy atom. The van der Waals surface area contributed by atoms with E-state index in [1.165, 1.54) is 6.08 Å². The second kappa shape index (κ2) is 8.13. The second-order valence-corrected chi connectivity index (χ2v) is 5.70. The van der Waals surface area contributed by atoms with E-state index in [1.807, 2.05) is 30.3 Å². The minimum atomic E-state index is -4.51. The zero-order chi connectivity index (χ0) is 18.4. The summed E-state index contributed by atoms with van der Waals surface area (Å²) in [6, 6.07) is 11.9. The van der Waals surface area contributed by atoms with E-state index in [0.29, 0.717) is 0 Å². The molecule has 0 unspecified atom stereocenters. The molecule has 0 aliphatic carbocycles. The van der Waals surface area contributed by atoms with Crippen LogP contribution in [0.25, 0.3) is 6.08 Å². The Kier molecular flexibility index (Phi) is 6.17. The first kappa shape index (κ1) is 19.0. The van der Waals surface area contributed by atoms with Crippen molar-refractivity contribution in [2.75, 3.05) is 5.32 Å². The number of carbonyl (C=O) groups is 1. The van der Waals surface area contributed by atoms with Gasteiger partial charge in [-0.3, -0.25) is 10.1 Å². The maximum Gasteiger partial charge on any atom is 0.416 e. The number of nitrogens with one attached hydrogen (secondary N) is 2. The summed E-state index contributed by atoms with van der Waals surface area (Å²) in [7, 11) is 0. The van der Waals surface area contributed by atoms with E-state index in [9.17, 15) is 18.0 Å². The van der Waals surface area contributed by atoms with Gasteiger partial charge in [0.15, 0.2) is 5.11 Å². The number of alkyl halides is 3. The molecule has 0 saturated carbocycles. The van der Waals surface area contributed by atoms with Crippen LogP contribution in [0.1, 0.15) is 11.1 Å². The summed E-state index contributed by atoms with van der Waals surface area (Å²) in [6.07, 6.45) is -1.67. The highest BCUT2D eigenvalue weighted by molar-refractivity contribution is 7.80. The van der Waals surface area contributed by atoms with Gasteiger partial charge in [-0.2, -0.15) is 13.2 Å². The lowest BCUT2D eigenvalue weighted by Crippen LogP contribution is -2.33. The van der Waals surface area contributed by atoms with E-state index in [4.69, 9.17) is 23.8 Å². The standard InChI is InChI=1S/C17H12ClF3N2OS/c18-13-8-7-12(17(19,20)21)10-14(13)22-16(25)23-15(24)9-6-11-4-2-1-3-5-11/h1-10H,(H2,22,23,24,25). The quantitative estimate of drug-likeness (QED) is 0.585. The van der Waals surface area contributed by atoms with Gasteiger partial charge in [0.2, 0.25) is 5.91 Å². The minimum Gasteiger partial charge on any atom is -0.331 e. The monoisotopic (exact) mass is 384 g/mol. The molecule has 130 valence electrons. The van der Waals surface area contributed by atoms with E-state index in [-0.39, 0.29) is 15.8 Å². The van der Waals surface area contributed by atoms with Crippen molar-refractivity contribution in [3.05, 3.63) is 70.8 Å². The minimum absolute atomic E-state index is 0.0458. The van der Waals surface area contributed by atoms with Crippen molar-refractivity contribution in [1.82, 2.24) is 5.32 Å². The first-order chi connectivity index (χ1) is 11.8. The van der Waals surface area contributed by atoms with Crippen LogP contribution >= 0.6 is 23.8 Å². The van der Waals surface area contributed by atoms with E-state index in [0.717, 1.165) is 23.8 Å². The highest BCUT2D eigenvalue weighted by Crippen LogP contribution is 2.33. The summed E-state index contributed by atoms with van der Waals surface area (Å²) in [5.74, 6) is -0.524. The topological polar surface area (TPSA) is 41.1 Å². The van der Waals surface area contributed by atoms with Crippen LogP contribution in [0.2, 0.25) is 5.02 Å². The number of thiocarbonyl (C=S) groups is 1. The fourth-order valence-corrected chi connectivity index (χ4v) is 2.22. The van der Waals surface area contributed by atoms with E-state index in [1.54, 1.807) is 6.08 Å². The van der Waals surface area contributed by atoms with Crippen LogP contribution in [0, 0.1) is 0 Å². The van der Waals surface area contributed by atoms with Crippen molar-refractivity contribution >= 4 is 46.6 Å². The molecule has 0 saturated heterocycles. The summed E-state index contributed by atoms with van der Waals surface area (Å²) < 4.78 is 38.2. The molecule has 1 amide bonds. The van der Waals surface area contributed by atoms with Crippen LogP contribution in [0.15, 0.2) is 54.6 Å². The van der Waals surface area contributed by atoms with E-state index in [2.05, 4.69) is 10.6 Å². The smallest absolute Gasteiger partial charge is 0.331 e. The lowest BCUT2D eigenvalue weighted by Gasteiger charge is -2.13. The van der Waals surface area contributed by atoms with Crippen LogP contribution in [-0.4, -0.2) is 11.0 Å². The number of benzene rings is 2. The summed E-state index contributed by atoms with van der Waals surface area (Å²) >= 11 is 10.8. The van der Waals surface area contributed by atoms with Gasteiger partial charge in [-0.25, -0.2) is 0 Å². The van der Waals surface area contributed by atoms with Crippen LogP contribution in [-0.2, 0) is 11.0 Å². The van der Waals surface area contributed by atoms with Gasteiger partial charge in [-0.1, -0.05) is 41.9 Å². The lowest BCUT2D eigenvalue weighted by atomic mass is 10.2. The molecule has 0 fully saturated rings. The highest BCUT2D eigenvalue weighted by Gasteiger charge is 2.31. The first-order valence-corrected chi connectivity index (χ1v) is 7.76. The Labute approximate surface area is 152 Å². The van der Waals surface area contributed by atoms with Crippen molar-refractivity contribution in [3.63, 3.8) is 0 Å². The fourth-order valence-electron chi connectivity index (χ4n) is 1.84. The SMILES string of the molecule is O=C(C=Cc1ccccc1)NC(=S)Nc1cc(C(F)(F)F)ccc1Cl. The average Bonchev–Trinajstić information content (AvgIpc) is 2.55. The maximum atomic E-state index is 12.7. The predicted octanol–water partition coefficient (Wildman–Crippen LogP) is 4.89. The van der Waals surface area contributed by atoms with Gasteiger partial charge in [0.1, 0.15) is 0 Å². The molecular formula is C17H12ClF3N2OS. The number of halogens is 4. The van der Waals surface area contributed by atoms with Gasteiger partial charge in [0, 0.05) is 6.08 Å². The highest BCUT2D eigenvalue weighted by atomic mass is 35.5. The molecule has 0 heterocycles. The Morgan fingerprint density at radius 3 is 2.44 bits per heavy atom. The molecule has 0 radical (unpaired) electrons. The lowest BCUT2D eigenvalue weighted by molar-refractivity contribution is -0.137. The zero-order valence-electron chi connectivity index (χ0n) is 12.6. The van der Waals surface area contributed by atoms with Crippen LogP contribution in [0.3, 0.4) is 0 Å². The molecule has 3 nitrogen and oxygen atoms in total. The van der Waals surface area contributed by atoms with Gasteiger partial charge in [0.25, 0.3) is 0 Å². The molecule has 0 atom stereocenters. The van der Waals surface area contributed by atoms with Crippen molar-refractivity contribution < 1.29 is 18.0 Å². The van der Waals surface area contributed by atoms with Crippen molar-refractivity contribution in [1.29, 1.82) is 0 Å². The van der Waals surface area contributed by atoms with E-state index < -0.39 is 17.6 Å².